The Morgan fingerprint density at radius 2 is 2.10 bits per heavy atom. The predicted octanol–water partition coefficient (Wildman–Crippen LogP) is 1.25. The molecule has 0 saturated heterocycles. The highest BCUT2D eigenvalue weighted by Crippen LogP contribution is 2.16. The summed E-state index contributed by atoms with van der Waals surface area (Å²) < 4.78 is 15.4. The van der Waals surface area contributed by atoms with E-state index in [0.29, 0.717) is 6.61 Å². The maximum atomic E-state index is 10.5. The summed E-state index contributed by atoms with van der Waals surface area (Å²) in [4.78, 5) is 0. The van der Waals surface area contributed by atoms with E-state index in [0.717, 1.165) is 5.75 Å². The van der Waals surface area contributed by atoms with Gasteiger partial charge >= 0.3 is 0 Å². The molecule has 0 spiro atoms. The van der Waals surface area contributed by atoms with E-state index >= 15 is 0 Å². The fraction of sp³-hybridized carbons (Fsp3) is 1.00. The molecule has 0 aliphatic rings. The largest absolute Gasteiger partial charge is 0.290 e. The van der Waals surface area contributed by atoms with Gasteiger partial charge in [-0.2, -0.15) is 12.6 Å². The van der Waals surface area contributed by atoms with Gasteiger partial charge in [0.15, 0.2) is 11.1 Å². The van der Waals surface area contributed by atoms with E-state index in [1.54, 1.807) is 0 Å². The predicted molar refractivity (Wildman–Crippen MR) is 47.7 cm³/mol. The highest BCUT2D eigenvalue weighted by atomic mass is 32.2. The van der Waals surface area contributed by atoms with Crippen LogP contribution in [0.5, 0.6) is 0 Å². The highest BCUT2D eigenvalue weighted by Gasteiger charge is 2.16. The Bertz CT molecular complexity index is 123. The first-order valence-corrected chi connectivity index (χ1v) is 5.17. The first kappa shape index (κ1) is 10.5. The lowest BCUT2D eigenvalue weighted by Gasteiger charge is -2.19. The molecule has 10 heavy (non-hydrogen) atoms. The maximum Gasteiger partial charge on any atom is 0.152 e. The molecule has 0 aromatic carbocycles. The Morgan fingerprint density at radius 1 is 1.60 bits per heavy atom. The Hall–Kier alpha value is 0.460. The fourth-order valence-electron chi connectivity index (χ4n) is 0.288. The molecule has 0 fully saturated rings. The molecule has 1 atom stereocenters. The third kappa shape index (κ3) is 5.26. The fourth-order valence-corrected chi connectivity index (χ4v) is 0.864. The van der Waals surface area contributed by atoms with Gasteiger partial charge in [-0.15, -0.1) is 0 Å². The van der Waals surface area contributed by atoms with Crippen molar-refractivity contribution in [3.63, 3.8) is 0 Å². The summed E-state index contributed by atoms with van der Waals surface area (Å²) in [6.45, 7) is 4.54. The lowest BCUT2D eigenvalue weighted by molar-refractivity contribution is 0.222. The van der Waals surface area contributed by atoms with Crippen LogP contribution in [0.25, 0.3) is 0 Å². The normalized spacial score (nSPS) is 15.2. The second kappa shape index (κ2) is 4.36. The first-order chi connectivity index (χ1) is 4.48. The van der Waals surface area contributed by atoms with Gasteiger partial charge in [-0.3, -0.25) is 4.18 Å². The van der Waals surface area contributed by atoms with Crippen molar-refractivity contribution in [2.24, 2.45) is 5.41 Å². The van der Waals surface area contributed by atoms with Crippen molar-refractivity contribution < 1.29 is 8.39 Å². The van der Waals surface area contributed by atoms with E-state index in [2.05, 4.69) is 12.6 Å². The summed E-state index contributed by atoms with van der Waals surface area (Å²) in [7, 11) is 0. The molecular weight excluding hydrogens is 168 g/mol. The van der Waals surface area contributed by atoms with Gasteiger partial charge < -0.3 is 0 Å². The minimum atomic E-state index is -1.15. The van der Waals surface area contributed by atoms with Crippen molar-refractivity contribution >= 4 is 23.7 Å². The molecule has 0 amide bonds. The van der Waals surface area contributed by atoms with Gasteiger partial charge in [0.1, 0.15) is 0 Å². The van der Waals surface area contributed by atoms with Gasteiger partial charge in [-0.1, -0.05) is 13.8 Å². The molecule has 0 aliphatic heterocycles. The van der Waals surface area contributed by atoms with E-state index in [-0.39, 0.29) is 5.41 Å². The molecular formula is C6H14O2S2. The molecule has 62 valence electrons. The summed E-state index contributed by atoms with van der Waals surface area (Å²) in [5.41, 5.74) is 0.0226. The molecule has 2 nitrogen and oxygen atoms in total. The van der Waals surface area contributed by atoms with Crippen molar-refractivity contribution in [1.29, 1.82) is 0 Å². The molecule has 0 N–H and O–H groups in total. The lowest BCUT2D eigenvalue weighted by atomic mass is 9.98. The van der Waals surface area contributed by atoms with Crippen LogP contribution < -0.4 is 0 Å². The summed E-state index contributed by atoms with van der Waals surface area (Å²) >= 11 is 2.98. The van der Waals surface area contributed by atoms with Crippen LogP contribution in [0, 0.1) is 5.41 Å². The average molecular weight is 182 g/mol. The van der Waals surface area contributed by atoms with E-state index in [1.807, 2.05) is 13.8 Å². The number of hydrogen-bond donors (Lipinski definition) is 1. The topological polar surface area (TPSA) is 26.3 Å². The average Bonchev–Trinajstić information content (AvgIpc) is 1.85. The van der Waals surface area contributed by atoms with Gasteiger partial charge in [0, 0.05) is 6.26 Å². The third-order valence-electron chi connectivity index (χ3n) is 1.04. The van der Waals surface area contributed by atoms with Gasteiger partial charge in [0.2, 0.25) is 0 Å². The monoisotopic (exact) mass is 182 g/mol. The van der Waals surface area contributed by atoms with Gasteiger partial charge in [-0.25, -0.2) is 4.21 Å². The van der Waals surface area contributed by atoms with Crippen LogP contribution in [0.3, 0.4) is 0 Å². The lowest BCUT2D eigenvalue weighted by Crippen LogP contribution is -2.21. The van der Waals surface area contributed by atoms with Crippen LogP contribution in [0.2, 0.25) is 0 Å². The second-order valence-electron chi connectivity index (χ2n) is 2.99. The van der Waals surface area contributed by atoms with Crippen molar-refractivity contribution in [3.8, 4) is 0 Å². The Morgan fingerprint density at radius 3 is 2.40 bits per heavy atom. The summed E-state index contributed by atoms with van der Waals surface area (Å²) in [5, 5.41) is 0. The molecule has 0 saturated carbocycles. The van der Waals surface area contributed by atoms with Crippen molar-refractivity contribution in [2.75, 3.05) is 18.6 Å². The third-order valence-corrected chi connectivity index (χ3v) is 2.35. The minimum absolute atomic E-state index is 0.0226. The van der Waals surface area contributed by atoms with Crippen molar-refractivity contribution in [3.05, 3.63) is 0 Å². The smallest absolute Gasteiger partial charge is 0.152 e. The van der Waals surface area contributed by atoms with Gasteiger partial charge in [0.25, 0.3) is 0 Å². The highest BCUT2D eigenvalue weighted by molar-refractivity contribution is 7.80. The van der Waals surface area contributed by atoms with E-state index in [4.69, 9.17) is 4.18 Å². The van der Waals surface area contributed by atoms with Crippen LogP contribution in [0.4, 0.5) is 0 Å². The summed E-state index contributed by atoms with van der Waals surface area (Å²) in [6.07, 6.45) is 1.52. The Labute approximate surface area is 70.4 Å². The first-order valence-electron chi connectivity index (χ1n) is 3.05. The number of hydrogen-bond acceptors (Lipinski definition) is 3. The van der Waals surface area contributed by atoms with E-state index in [9.17, 15) is 4.21 Å². The zero-order chi connectivity index (χ0) is 8.20. The zero-order valence-corrected chi connectivity index (χ0v) is 8.30. The quantitative estimate of drug-likeness (QED) is 0.662. The summed E-state index contributed by atoms with van der Waals surface area (Å²) in [6, 6.07) is 0. The number of rotatable bonds is 4. The van der Waals surface area contributed by atoms with Crippen molar-refractivity contribution in [1.82, 2.24) is 0 Å². The van der Waals surface area contributed by atoms with Crippen LogP contribution in [0.1, 0.15) is 13.8 Å². The van der Waals surface area contributed by atoms with Gasteiger partial charge in [0.05, 0.1) is 6.61 Å². The van der Waals surface area contributed by atoms with Crippen LogP contribution >= 0.6 is 12.6 Å². The van der Waals surface area contributed by atoms with Crippen LogP contribution in [0.15, 0.2) is 0 Å². The molecule has 0 rings (SSSR count). The molecule has 4 heteroatoms. The van der Waals surface area contributed by atoms with Crippen LogP contribution in [-0.2, 0) is 15.3 Å². The summed E-state index contributed by atoms with van der Waals surface area (Å²) in [5.74, 6) is 0.740. The van der Waals surface area contributed by atoms with E-state index < -0.39 is 11.1 Å². The number of thiol groups is 1. The molecule has 0 heterocycles. The SMILES string of the molecule is CS(=O)OCC(C)(C)CS. The minimum Gasteiger partial charge on any atom is -0.290 e. The molecule has 0 aliphatic carbocycles. The molecule has 0 bridgehead atoms. The standard InChI is InChI=1S/C6H14O2S2/c1-6(2,5-9)4-8-10(3)7/h9H,4-5H2,1-3H3. The Balaban J connectivity index is 3.56. The van der Waals surface area contributed by atoms with Crippen LogP contribution in [-0.4, -0.2) is 22.8 Å². The maximum absolute atomic E-state index is 10.5. The van der Waals surface area contributed by atoms with E-state index in [1.165, 1.54) is 6.26 Å². The molecule has 0 radical (unpaired) electrons. The Kier molecular flexibility index (Phi) is 4.56. The zero-order valence-electron chi connectivity index (χ0n) is 6.59. The molecule has 1 unspecified atom stereocenters. The van der Waals surface area contributed by atoms with Crippen molar-refractivity contribution in [2.45, 2.75) is 13.8 Å². The molecule has 0 aromatic rings. The molecule has 0 aromatic heterocycles. The van der Waals surface area contributed by atoms with Gasteiger partial charge in [-0.05, 0) is 11.2 Å². The second-order valence-corrected chi connectivity index (χ2v) is 4.34.